The summed E-state index contributed by atoms with van der Waals surface area (Å²) in [6.45, 7) is 8.14. The SMILES string of the molecule is Cc1ccc[nH]1.O=C([O-])[O-].[CH2-]CCCCCCCCCCC.[Co+2].[Na+].c1ccncc1. The van der Waals surface area contributed by atoms with E-state index in [1.165, 1.54) is 63.5 Å². The van der Waals surface area contributed by atoms with Gasteiger partial charge in [-0.3, -0.25) is 4.98 Å². The van der Waals surface area contributed by atoms with E-state index >= 15 is 0 Å². The van der Waals surface area contributed by atoms with Crippen molar-refractivity contribution < 1.29 is 61.3 Å². The number of aromatic amines is 1. The summed E-state index contributed by atoms with van der Waals surface area (Å²) in [5, 5.41) is 16.7. The first-order chi connectivity index (χ1) is 13.5. The third-order valence-electron chi connectivity index (χ3n) is 3.67. The van der Waals surface area contributed by atoms with Gasteiger partial charge in [0.15, 0.2) is 0 Å². The first kappa shape index (κ1) is 36.6. The van der Waals surface area contributed by atoms with Crippen molar-refractivity contribution in [2.45, 2.75) is 78.1 Å². The fraction of sp³-hybridized carbons (Fsp3) is 0.522. The van der Waals surface area contributed by atoms with Gasteiger partial charge in [-0.1, -0.05) is 70.8 Å². The number of aryl methyl sites for hydroxylation is 1. The maximum atomic E-state index is 8.33. The third-order valence-corrected chi connectivity index (χ3v) is 3.67. The largest absolute Gasteiger partial charge is 2.00 e. The molecule has 2 heterocycles. The van der Waals surface area contributed by atoms with Crippen LogP contribution in [0.3, 0.4) is 0 Å². The van der Waals surface area contributed by atoms with Crippen molar-refractivity contribution in [1.29, 1.82) is 0 Å². The van der Waals surface area contributed by atoms with Gasteiger partial charge in [-0.25, -0.2) is 0 Å². The number of hydrogen-bond donors (Lipinski definition) is 1. The number of pyridine rings is 1. The van der Waals surface area contributed by atoms with Crippen LogP contribution in [0.5, 0.6) is 0 Å². The second-order valence-electron chi connectivity index (χ2n) is 6.31. The Morgan fingerprint density at radius 3 is 1.63 bits per heavy atom. The summed E-state index contributed by atoms with van der Waals surface area (Å²) in [5.41, 5.74) is 1.22. The molecule has 0 spiro atoms. The van der Waals surface area contributed by atoms with E-state index in [1.54, 1.807) is 12.4 Å². The Bertz CT molecular complexity index is 474. The number of aromatic nitrogens is 2. The predicted molar refractivity (Wildman–Crippen MR) is 112 cm³/mol. The van der Waals surface area contributed by atoms with Crippen molar-refractivity contribution in [1.82, 2.24) is 9.97 Å². The molecule has 0 amide bonds. The van der Waals surface area contributed by atoms with E-state index in [1.807, 2.05) is 43.5 Å². The van der Waals surface area contributed by atoms with Crippen molar-refractivity contribution in [2.24, 2.45) is 0 Å². The van der Waals surface area contributed by atoms with Gasteiger partial charge in [-0.05, 0) is 37.3 Å². The molecule has 0 aromatic carbocycles. The summed E-state index contributed by atoms with van der Waals surface area (Å²) in [7, 11) is 0. The Balaban J connectivity index is -0.000000159. The quantitative estimate of drug-likeness (QED) is 0.342. The van der Waals surface area contributed by atoms with Gasteiger partial charge >= 0.3 is 46.3 Å². The zero-order valence-electron chi connectivity index (χ0n) is 18.9. The van der Waals surface area contributed by atoms with E-state index in [9.17, 15) is 0 Å². The number of nitrogens with one attached hydrogen (secondary N) is 1. The van der Waals surface area contributed by atoms with Crippen LogP contribution in [0.1, 0.15) is 76.8 Å². The topological polar surface area (TPSA) is 91.9 Å². The van der Waals surface area contributed by atoms with Gasteiger partial charge in [-0.2, -0.15) is 6.42 Å². The minimum absolute atomic E-state index is 0. The first-order valence-corrected chi connectivity index (χ1v) is 10.2. The molecular weight excluding hydrogens is 434 g/mol. The molecule has 0 bridgehead atoms. The number of carboxylic acid groups (broad SMARTS) is 2. The normalized spacial score (nSPS) is 8.37. The monoisotopic (exact) mass is 471 g/mol. The van der Waals surface area contributed by atoms with Crippen molar-refractivity contribution in [2.75, 3.05) is 0 Å². The molecule has 1 N–H and O–H groups in total. The number of carbonyl (C=O) groups is 1. The van der Waals surface area contributed by atoms with Gasteiger partial charge in [0.1, 0.15) is 0 Å². The standard InChI is InChI=1S/C12H25.C5H7N.C5H5N.CH2O3.Co.Na/c1-3-5-7-9-11-12-10-8-6-4-2;1-5-3-2-4-6-5;1-2-4-6-5-3-1;2-1(3)4;;/h1,3-12H2,2H3;2-4,6H,1H3;1-5H;(H2,2,3,4);;/q-1;;;;+2;+1/p-2. The molecule has 0 atom stereocenters. The van der Waals surface area contributed by atoms with E-state index in [4.69, 9.17) is 15.0 Å². The number of rotatable bonds is 9. The number of hydrogen-bond acceptors (Lipinski definition) is 4. The molecule has 0 aliphatic rings. The van der Waals surface area contributed by atoms with Crippen LogP contribution >= 0.6 is 0 Å². The van der Waals surface area contributed by atoms with Crippen LogP contribution in [-0.2, 0) is 16.8 Å². The van der Waals surface area contributed by atoms with E-state index in [-0.39, 0.29) is 46.3 Å². The molecule has 2 aromatic rings. The summed E-state index contributed by atoms with van der Waals surface area (Å²) < 4.78 is 0. The van der Waals surface area contributed by atoms with Crippen LogP contribution in [0.15, 0.2) is 48.9 Å². The molecule has 2 aromatic heterocycles. The molecule has 0 aliphatic heterocycles. The molecule has 7 heteroatoms. The van der Waals surface area contributed by atoms with E-state index in [0.717, 1.165) is 6.42 Å². The Labute approximate surface area is 216 Å². The molecule has 0 aliphatic carbocycles. The second kappa shape index (κ2) is 32.9. The Morgan fingerprint density at radius 1 is 0.933 bits per heavy atom. The molecule has 0 fully saturated rings. The Morgan fingerprint density at radius 2 is 1.40 bits per heavy atom. The zero-order chi connectivity index (χ0) is 21.3. The smallest absolute Gasteiger partial charge is 0.652 e. The first-order valence-electron chi connectivity index (χ1n) is 10.2. The second-order valence-corrected chi connectivity index (χ2v) is 6.31. The maximum absolute atomic E-state index is 8.33. The third kappa shape index (κ3) is 41.5. The molecule has 30 heavy (non-hydrogen) atoms. The van der Waals surface area contributed by atoms with Crippen molar-refractivity contribution in [3.63, 3.8) is 0 Å². The summed E-state index contributed by atoms with van der Waals surface area (Å²) in [4.78, 5) is 15.1. The van der Waals surface area contributed by atoms with Gasteiger partial charge in [0.25, 0.3) is 0 Å². The summed E-state index contributed by atoms with van der Waals surface area (Å²) >= 11 is 0. The molecule has 167 valence electrons. The molecular formula is C23H37CoN2NaO3. The summed E-state index contributed by atoms with van der Waals surface area (Å²) in [5.74, 6) is 0. The minimum Gasteiger partial charge on any atom is -0.652 e. The molecule has 2 rings (SSSR count). The van der Waals surface area contributed by atoms with Gasteiger partial charge in [0.05, 0.1) is 0 Å². The molecule has 1 radical (unpaired) electrons. The van der Waals surface area contributed by atoms with E-state index in [0.29, 0.717) is 0 Å². The van der Waals surface area contributed by atoms with Crippen LogP contribution in [-0.4, -0.2) is 16.1 Å². The van der Waals surface area contributed by atoms with Gasteiger partial charge in [0, 0.05) is 24.3 Å². The maximum Gasteiger partial charge on any atom is 2.00 e. The van der Waals surface area contributed by atoms with Gasteiger partial charge < -0.3 is 26.9 Å². The fourth-order valence-corrected chi connectivity index (χ4v) is 2.22. The number of H-pyrrole nitrogens is 1. The van der Waals surface area contributed by atoms with Crippen molar-refractivity contribution in [3.8, 4) is 0 Å². The molecule has 0 saturated heterocycles. The van der Waals surface area contributed by atoms with E-state index < -0.39 is 6.16 Å². The minimum atomic E-state index is -2.33. The summed E-state index contributed by atoms with van der Waals surface area (Å²) in [6.07, 6.45) is 17.0. The van der Waals surface area contributed by atoms with Crippen LogP contribution in [0.4, 0.5) is 4.79 Å². The molecule has 5 nitrogen and oxygen atoms in total. The summed E-state index contributed by atoms with van der Waals surface area (Å²) in [6, 6.07) is 9.72. The average Bonchev–Trinajstić information content (AvgIpc) is 3.17. The van der Waals surface area contributed by atoms with Crippen LogP contribution in [0, 0.1) is 13.8 Å². The van der Waals surface area contributed by atoms with Crippen LogP contribution in [0.2, 0.25) is 0 Å². The van der Waals surface area contributed by atoms with Crippen molar-refractivity contribution in [3.05, 3.63) is 61.5 Å². The Hall–Kier alpha value is -0.794. The van der Waals surface area contributed by atoms with E-state index in [2.05, 4.69) is 23.8 Å². The van der Waals surface area contributed by atoms with Crippen LogP contribution < -0.4 is 39.8 Å². The predicted octanol–water partition coefficient (Wildman–Crippen LogP) is 1.70. The van der Waals surface area contributed by atoms with Crippen LogP contribution in [0.25, 0.3) is 0 Å². The fourth-order valence-electron chi connectivity index (χ4n) is 2.22. The molecule has 0 unspecified atom stereocenters. The number of unbranched alkanes of at least 4 members (excludes halogenated alkanes) is 9. The van der Waals surface area contributed by atoms with Crippen molar-refractivity contribution >= 4 is 6.16 Å². The Kier molecular flexibility index (Phi) is 40.1. The zero-order valence-corrected chi connectivity index (χ0v) is 21.9. The molecule has 0 saturated carbocycles. The van der Waals surface area contributed by atoms with Gasteiger partial charge in [-0.15, -0.1) is 0 Å². The number of carbonyl (C=O) groups excluding carboxylic acids is 1. The number of nitrogens with zero attached hydrogens (tertiary/aromatic N) is 1. The average molecular weight is 471 g/mol. The van der Waals surface area contributed by atoms with Gasteiger partial charge in [0.2, 0.25) is 0 Å².